The molecule has 3 aromatic rings. The Hall–Kier alpha value is -2.41. The minimum atomic E-state index is -0.154. The summed E-state index contributed by atoms with van der Waals surface area (Å²) in [7, 11) is 0. The van der Waals surface area contributed by atoms with Gasteiger partial charge in [-0.25, -0.2) is 4.68 Å². The number of aryl methyl sites for hydroxylation is 1. The Morgan fingerprint density at radius 1 is 1.04 bits per heavy atom. The van der Waals surface area contributed by atoms with Gasteiger partial charge in [-0.2, -0.15) is 5.10 Å². The monoisotopic (exact) mass is 411 g/mol. The number of aromatic nitrogens is 2. The van der Waals surface area contributed by atoms with Gasteiger partial charge in [-0.15, -0.1) is 0 Å². The molecule has 0 aliphatic carbocycles. The zero-order chi connectivity index (χ0) is 19.0. The van der Waals surface area contributed by atoms with Gasteiger partial charge in [0.25, 0.3) is 5.91 Å². The summed E-state index contributed by atoms with van der Waals surface area (Å²) in [5, 5.41) is 4.98. The van der Waals surface area contributed by atoms with E-state index in [0.717, 1.165) is 17.1 Å². The second-order valence-corrected chi connectivity index (χ2v) is 7.92. The lowest BCUT2D eigenvalue weighted by Gasteiger charge is -2.13. The molecule has 0 unspecified atom stereocenters. The molecule has 2 aromatic carbocycles. The number of rotatable bonds is 3. The van der Waals surface area contributed by atoms with Crippen LogP contribution in [0.2, 0.25) is 5.15 Å². The maximum Gasteiger partial charge on any atom is 0.270 e. The number of hydrogen-bond donors (Lipinski definition) is 0. The fraction of sp³-hybridized carbons (Fsp3) is 0.0500. The largest absolute Gasteiger partial charge is 0.270 e. The number of thiocarbonyl (C=S) groups is 1. The molecule has 1 aliphatic heterocycles. The second kappa shape index (κ2) is 7.31. The highest BCUT2D eigenvalue weighted by Crippen LogP contribution is 2.37. The highest BCUT2D eigenvalue weighted by Gasteiger charge is 2.33. The third kappa shape index (κ3) is 3.32. The number of carbonyl (C=O) groups is 1. The van der Waals surface area contributed by atoms with Crippen molar-refractivity contribution in [2.24, 2.45) is 0 Å². The van der Waals surface area contributed by atoms with E-state index in [0.29, 0.717) is 19.9 Å². The molecule has 0 N–H and O–H groups in total. The van der Waals surface area contributed by atoms with Gasteiger partial charge in [0.15, 0.2) is 4.32 Å². The molecule has 7 heteroatoms. The minimum absolute atomic E-state index is 0.154. The van der Waals surface area contributed by atoms with E-state index >= 15 is 0 Å². The van der Waals surface area contributed by atoms with Crippen LogP contribution in [-0.2, 0) is 4.79 Å². The Morgan fingerprint density at radius 2 is 1.63 bits per heavy atom. The van der Waals surface area contributed by atoms with Crippen LogP contribution < -0.4 is 4.90 Å². The fourth-order valence-electron chi connectivity index (χ4n) is 2.81. The minimum Gasteiger partial charge on any atom is -0.268 e. The SMILES string of the molecule is Cc1nn(-c2ccccc2)c(Cl)c1C=C1SC(=S)N(c2ccccc2)C1=O. The predicted octanol–water partition coefficient (Wildman–Crippen LogP) is 5.24. The first-order valence-electron chi connectivity index (χ1n) is 8.20. The van der Waals surface area contributed by atoms with Crippen LogP contribution in [0.25, 0.3) is 11.8 Å². The molecule has 27 heavy (non-hydrogen) atoms. The van der Waals surface area contributed by atoms with E-state index in [1.165, 1.54) is 16.7 Å². The van der Waals surface area contributed by atoms with Crippen LogP contribution in [0, 0.1) is 6.92 Å². The Labute approximate surface area is 171 Å². The van der Waals surface area contributed by atoms with E-state index in [-0.39, 0.29) is 5.91 Å². The summed E-state index contributed by atoms with van der Waals surface area (Å²) in [4.78, 5) is 15.0. The molecule has 0 saturated carbocycles. The molecule has 1 amide bonds. The molecule has 0 bridgehead atoms. The summed E-state index contributed by atoms with van der Waals surface area (Å²) in [6.07, 6.45) is 1.77. The van der Waals surface area contributed by atoms with Gasteiger partial charge in [-0.1, -0.05) is 72.0 Å². The van der Waals surface area contributed by atoms with Gasteiger partial charge in [0.1, 0.15) is 5.15 Å². The van der Waals surface area contributed by atoms with Crippen LogP contribution in [0.3, 0.4) is 0 Å². The summed E-state index contributed by atoms with van der Waals surface area (Å²) in [6, 6.07) is 19.0. The van der Waals surface area contributed by atoms with Gasteiger partial charge >= 0.3 is 0 Å². The molecule has 4 rings (SSSR count). The molecular formula is C20H14ClN3OS2. The summed E-state index contributed by atoms with van der Waals surface area (Å²) in [5.74, 6) is -0.154. The highest BCUT2D eigenvalue weighted by molar-refractivity contribution is 8.27. The number of amides is 1. The smallest absolute Gasteiger partial charge is 0.268 e. The van der Waals surface area contributed by atoms with Crippen molar-refractivity contribution in [2.75, 3.05) is 4.90 Å². The molecule has 1 fully saturated rings. The van der Waals surface area contributed by atoms with Gasteiger partial charge in [0.2, 0.25) is 0 Å². The molecule has 0 radical (unpaired) electrons. The number of anilines is 1. The molecule has 1 aliphatic rings. The lowest BCUT2D eigenvalue weighted by atomic mass is 10.2. The van der Waals surface area contributed by atoms with Crippen LogP contribution in [0.5, 0.6) is 0 Å². The second-order valence-electron chi connectivity index (χ2n) is 5.89. The normalized spacial score (nSPS) is 15.8. The standard InChI is InChI=1S/C20H14ClN3OS2/c1-13-16(18(21)24(22-13)15-10-6-3-7-11-15)12-17-19(25)23(20(26)27-17)14-8-4-2-5-9-14/h2-12H,1H3. The summed E-state index contributed by atoms with van der Waals surface area (Å²) >= 11 is 13.2. The third-order valence-corrected chi connectivity index (χ3v) is 5.80. The Kier molecular flexibility index (Phi) is 4.86. The van der Waals surface area contributed by atoms with Crippen molar-refractivity contribution in [1.82, 2.24) is 9.78 Å². The fourth-order valence-corrected chi connectivity index (χ4v) is 4.42. The van der Waals surface area contributed by atoms with Crippen molar-refractivity contribution in [2.45, 2.75) is 6.92 Å². The van der Waals surface area contributed by atoms with Crippen molar-refractivity contribution in [3.05, 3.63) is 82.0 Å². The van der Waals surface area contributed by atoms with E-state index in [1.807, 2.05) is 67.6 Å². The van der Waals surface area contributed by atoms with Crippen molar-refractivity contribution in [3.63, 3.8) is 0 Å². The lowest BCUT2D eigenvalue weighted by molar-refractivity contribution is -0.113. The Morgan fingerprint density at radius 3 is 2.26 bits per heavy atom. The number of benzene rings is 2. The van der Waals surface area contributed by atoms with Crippen LogP contribution in [-0.4, -0.2) is 20.0 Å². The first-order chi connectivity index (χ1) is 13.1. The van der Waals surface area contributed by atoms with Crippen molar-refractivity contribution in [3.8, 4) is 5.69 Å². The number of para-hydroxylation sites is 2. The van der Waals surface area contributed by atoms with Crippen molar-refractivity contribution >= 4 is 57.6 Å². The zero-order valence-corrected chi connectivity index (χ0v) is 16.7. The van der Waals surface area contributed by atoms with Crippen molar-refractivity contribution in [1.29, 1.82) is 0 Å². The molecule has 0 spiro atoms. The average molecular weight is 412 g/mol. The number of halogens is 1. The quantitative estimate of drug-likeness (QED) is 0.436. The van der Waals surface area contributed by atoms with Gasteiger partial charge in [-0.05, 0) is 37.3 Å². The summed E-state index contributed by atoms with van der Waals surface area (Å²) < 4.78 is 2.17. The van der Waals surface area contributed by atoms with E-state index in [1.54, 1.807) is 10.8 Å². The van der Waals surface area contributed by atoms with Crippen LogP contribution in [0.15, 0.2) is 65.6 Å². The highest BCUT2D eigenvalue weighted by atomic mass is 35.5. The van der Waals surface area contributed by atoms with Gasteiger partial charge < -0.3 is 0 Å². The van der Waals surface area contributed by atoms with E-state index in [9.17, 15) is 4.79 Å². The maximum atomic E-state index is 12.9. The molecule has 4 nitrogen and oxygen atoms in total. The Bertz CT molecular complexity index is 1060. The first-order valence-corrected chi connectivity index (χ1v) is 9.80. The first kappa shape index (κ1) is 18.0. The van der Waals surface area contributed by atoms with Crippen LogP contribution in [0.1, 0.15) is 11.3 Å². The molecule has 134 valence electrons. The van der Waals surface area contributed by atoms with Crippen LogP contribution >= 0.6 is 35.6 Å². The topological polar surface area (TPSA) is 38.1 Å². The van der Waals surface area contributed by atoms with Gasteiger partial charge in [0.05, 0.1) is 22.0 Å². The van der Waals surface area contributed by atoms with E-state index in [2.05, 4.69) is 5.10 Å². The number of nitrogens with zero attached hydrogens (tertiary/aromatic N) is 3. The van der Waals surface area contributed by atoms with E-state index < -0.39 is 0 Å². The summed E-state index contributed by atoms with van der Waals surface area (Å²) in [6.45, 7) is 1.87. The molecule has 1 saturated heterocycles. The van der Waals surface area contributed by atoms with Gasteiger partial charge in [-0.3, -0.25) is 9.69 Å². The lowest BCUT2D eigenvalue weighted by Crippen LogP contribution is -2.27. The number of thioether (sulfide) groups is 1. The van der Waals surface area contributed by atoms with Gasteiger partial charge in [0, 0.05) is 5.56 Å². The van der Waals surface area contributed by atoms with Crippen molar-refractivity contribution < 1.29 is 4.79 Å². The number of carbonyl (C=O) groups excluding carboxylic acids is 1. The predicted molar refractivity (Wildman–Crippen MR) is 115 cm³/mol. The van der Waals surface area contributed by atoms with Crippen LogP contribution in [0.4, 0.5) is 5.69 Å². The van der Waals surface area contributed by atoms with E-state index in [4.69, 9.17) is 23.8 Å². The number of hydrogen-bond acceptors (Lipinski definition) is 4. The molecule has 0 atom stereocenters. The molecular weight excluding hydrogens is 398 g/mol. The zero-order valence-electron chi connectivity index (χ0n) is 14.3. The maximum absolute atomic E-state index is 12.9. The average Bonchev–Trinajstić information content (AvgIpc) is 3.13. The third-order valence-electron chi connectivity index (χ3n) is 4.13. The molecule has 2 heterocycles. The summed E-state index contributed by atoms with van der Waals surface area (Å²) in [5.41, 5.74) is 3.08. The molecule has 1 aromatic heterocycles. The Balaban J connectivity index is 1.72.